The van der Waals surface area contributed by atoms with E-state index in [1.54, 1.807) is 11.3 Å². The summed E-state index contributed by atoms with van der Waals surface area (Å²) in [5.74, 6) is 6.63. The Hall–Kier alpha value is -1.36. The summed E-state index contributed by atoms with van der Waals surface area (Å²) in [7, 11) is 0. The molecule has 1 heterocycles. The van der Waals surface area contributed by atoms with Gasteiger partial charge >= 0.3 is 0 Å². The highest BCUT2D eigenvalue weighted by atomic mass is 32.1. The molecule has 1 unspecified atom stereocenters. The van der Waals surface area contributed by atoms with Crippen molar-refractivity contribution in [2.24, 2.45) is 5.84 Å². The fraction of sp³-hybridized carbons (Fsp3) is 0.375. The van der Waals surface area contributed by atoms with Crippen LogP contribution in [0.1, 0.15) is 42.1 Å². The molecule has 0 aliphatic rings. The highest BCUT2D eigenvalue weighted by Gasteiger charge is 2.15. The second-order valence-corrected chi connectivity index (χ2v) is 6.20. The predicted molar refractivity (Wildman–Crippen MR) is 85.1 cm³/mol. The van der Waals surface area contributed by atoms with Gasteiger partial charge in [-0.2, -0.15) is 0 Å². The van der Waals surface area contributed by atoms with Gasteiger partial charge in [0.1, 0.15) is 5.75 Å². The molecule has 2 rings (SSSR count). The lowest BCUT2D eigenvalue weighted by atomic mass is 10.1. The number of ether oxygens (including phenoxy) is 1. The third-order valence-corrected chi connectivity index (χ3v) is 4.34. The minimum absolute atomic E-state index is 0.0102. The van der Waals surface area contributed by atoms with E-state index >= 15 is 0 Å². The Labute approximate surface area is 124 Å². The van der Waals surface area contributed by atoms with E-state index in [0.717, 1.165) is 17.7 Å². The van der Waals surface area contributed by atoms with E-state index in [4.69, 9.17) is 10.6 Å². The van der Waals surface area contributed by atoms with Crippen molar-refractivity contribution >= 4 is 11.3 Å². The maximum Gasteiger partial charge on any atom is 0.120 e. The summed E-state index contributed by atoms with van der Waals surface area (Å²) in [6.07, 6.45) is 1.22. The first kappa shape index (κ1) is 15.0. The summed E-state index contributed by atoms with van der Waals surface area (Å²) >= 11 is 1.80. The Kier molecular flexibility index (Phi) is 5.17. The maximum atomic E-state index is 5.75. The second kappa shape index (κ2) is 6.88. The highest BCUT2D eigenvalue weighted by Crippen LogP contribution is 2.30. The van der Waals surface area contributed by atoms with Crippen LogP contribution in [0.15, 0.2) is 36.4 Å². The van der Waals surface area contributed by atoms with Gasteiger partial charge in [0.05, 0.1) is 12.1 Å². The van der Waals surface area contributed by atoms with E-state index in [1.807, 2.05) is 26.0 Å². The number of thiophene rings is 1. The summed E-state index contributed by atoms with van der Waals surface area (Å²) in [5, 5.41) is 0. The predicted octanol–water partition coefficient (Wildman–Crippen LogP) is 3.65. The van der Waals surface area contributed by atoms with Crippen molar-refractivity contribution < 1.29 is 4.74 Å². The van der Waals surface area contributed by atoms with E-state index in [0.29, 0.717) is 0 Å². The average Bonchev–Trinajstić information content (AvgIpc) is 2.88. The van der Waals surface area contributed by atoms with Gasteiger partial charge in [0.15, 0.2) is 0 Å². The quantitative estimate of drug-likeness (QED) is 0.630. The van der Waals surface area contributed by atoms with Crippen LogP contribution in [0.3, 0.4) is 0 Å². The molecule has 0 radical (unpaired) electrons. The molecule has 20 heavy (non-hydrogen) atoms. The number of aryl methyl sites for hydroxylation is 1. The number of hydrogen-bond donors (Lipinski definition) is 2. The molecule has 0 fully saturated rings. The number of nitrogens with one attached hydrogen (secondary N) is 1. The molecular formula is C16H22N2OS. The second-order valence-electron chi connectivity index (χ2n) is 5.00. The molecule has 3 N–H and O–H groups in total. The SMILES string of the molecule is CCc1ccc(C(NN)c2cccc(OC(C)C)c2)s1. The van der Waals surface area contributed by atoms with Gasteiger partial charge in [-0.15, -0.1) is 11.3 Å². The largest absolute Gasteiger partial charge is 0.491 e. The molecule has 4 heteroatoms. The summed E-state index contributed by atoms with van der Waals surface area (Å²) in [4.78, 5) is 2.60. The van der Waals surface area contributed by atoms with Gasteiger partial charge in [-0.1, -0.05) is 19.1 Å². The molecule has 0 aliphatic carbocycles. The molecule has 0 bridgehead atoms. The van der Waals surface area contributed by atoms with Crippen LogP contribution in [0.25, 0.3) is 0 Å². The lowest BCUT2D eigenvalue weighted by Crippen LogP contribution is -2.28. The number of benzene rings is 1. The third-order valence-electron chi connectivity index (χ3n) is 3.05. The van der Waals surface area contributed by atoms with E-state index in [9.17, 15) is 0 Å². The minimum atomic E-state index is 0.0102. The molecule has 1 aromatic heterocycles. The van der Waals surface area contributed by atoms with Gasteiger partial charge < -0.3 is 4.74 Å². The van der Waals surface area contributed by atoms with Crippen LogP contribution < -0.4 is 16.0 Å². The fourth-order valence-corrected chi connectivity index (χ4v) is 3.16. The van der Waals surface area contributed by atoms with Gasteiger partial charge in [-0.3, -0.25) is 5.84 Å². The molecule has 0 saturated heterocycles. The third kappa shape index (κ3) is 3.60. The topological polar surface area (TPSA) is 47.3 Å². The molecule has 1 atom stereocenters. The molecule has 1 aromatic carbocycles. The van der Waals surface area contributed by atoms with Crippen molar-refractivity contribution in [3.63, 3.8) is 0 Å². The van der Waals surface area contributed by atoms with E-state index in [2.05, 4.69) is 36.6 Å². The normalized spacial score (nSPS) is 12.7. The summed E-state index contributed by atoms with van der Waals surface area (Å²) in [5.41, 5.74) is 4.03. The maximum absolute atomic E-state index is 5.75. The zero-order valence-corrected chi connectivity index (χ0v) is 13.0. The van der Waals surface area contributed by atoms with E-state index in [1.165, 1.54) is 9.75 Å². The molecule has 3 nitrogen and oxygen atoms in total. The Morgan fingerprint density at radius 2 is 2.05 bits per heavy atom. The molecule has 0 spiro atoms. The number of rotatable bonds is 6. The van der Waals surface area contributed by atoms with Crippen molar-refractivity contribution in [2.45, 2.75) is 39.3 Å². The highest BCUT2D eigenvalue weighted by molar-refractivity contribution is 7.12. The zero-order valence-electron chi connectivity index (χ0n) is 12.2. The minimum Gasteiger partial charge on any atom is -0.491 e. The number of hydrogen-bond acceptors (Lipinski definition) is 4. The van der Waals surface area contributed by atoms with Gasteiger partial charge in [0, 0.05) is 9.75 Å². The number of nitrogens with two attached hydrogens (primary N) is 1. The zero-order chi connectivity index (χ0) is 14.5. The standard InChI is InChI=1S/C16H22N2OS/c1-4-14-8-9-15(20-14)16(18-17)12-6-5-7-13(10-12)19-11(2)3/h5-11,16,18H,4,17H2,1-3H3. The molecule has 0 amide bonds. The molecule has 108 valence electrons. The van der Waals surface area contributed by atoms with Gasteiger partial charge in [-0.05, 0) is 50.1 Å². The Balaban J connectivity index is 2.26. The summed E-state index contributed by atoms with van der Waals surface area (Å²) < 4.78 is 5.75. The van der Waals surface area contributed by atoms with Gasteiger partial charge in [-0.25, -0.2) is 5.43 Å². The van der Waals surface area contributed by atoms with Crippen LogP contribution in [0.2, 0.25) is 0 Å². The lowest BCUT2D eigenvalue weighted by Gasteiger charge is -2.17. The van der Waals surface area contributed by atoms with Crippen molar-refractivity contribution in [1.29, 1.82) is 0 Å². The smallest absolute Gasteiger partial charge is 0.120 e. The fourth-order valence-electron chi connectivity index (χ4n) is 2.12. The summed E-state index contributed by atoms with van der Waals surface area (Å²) in [6.45, 7) is 6.22. The van der Waals surface area contributed by atoms with Crippen LogP contribution in [0.5, 0.6) is 5.75 Å². The van der Waals surface area contributed by atoms with Crippen LogP contribution in [-0.4, -0.2) is 6.10 Å². The van der Waals surface area contributed by atoms with Crippen molar-refractivity contribution in [3.05, 3.63) is 51.7 Å². The first-order chi connectivity index (χ1) is 9.63. The first-order valence-electron chi connectivity index (χ1n) is 6.95. The van der Waals surface area contributed by atoms with Gasteiger partial charge in [0.2, 0.25) is 0 Å². The Bertz CT molecular complexity index is 551. The Morgan fingerprint density at radius 3 is 2.65 bits per heavy atom. The monoisotopic (exact) mass is 290 g/mol. The molecule has 0 aliphatic heterocycles. The van der Waals surface area contributed by atoms with Crippen LogP contribution in [-0.2, 0) is 6.42 Å². The summed E-state index contributed by atoms with van der Waals surface area (Å²) in [6, 6.07) is 12.4. The Morgan fingerprint density at radius 1 is 1.25 bits per heavy atom. The van der Waals surface area contributed by atoms with Crippen molar-refractivity contribution in [3.8, 4) is 5.75 Å². The molecule has 0 saturated carbocycles. The van der Waals surface area contributed by atoms with E-state index < -0.39 is 0 Å². The van der Waals surface area contributed by atoms with Crippen LogP contribution in [0, 0.1) is 0 Å². The van der Waals surface area contributed by atoms with Gasteiger partial charge in [0.25, 0.3) is 0 Å². The van der Waals surface area contributed by atoms with Crippen molar-refractivity contribution in [2.75, 3.05) is 0 Å². The van der Waals surface area contributed by atoms with Crippen LogP contribution in [0.4, 0.5) is 0 Å². The van der Waals surface area contributed by atoms with E-state index in [-0.39, 0.29) is 12.1 Å². The number of hydrazine groups is 1. The van der Waals surface area contributed by atoms with Crippen molar-refractivity contribution in [1.82, 2.24) is 5.43 Å². The molecular weight excluding hydrogens is 268 g/mol. The average molecular weight is 290 g/mol. The van der Waals surface area contributed by atoms with Crippen LogP contribution >= 0.6 is 11.3 Å². The first-order valence-corrected chi connectivity index (χ1v) is 7.77. The molecule has 2 aromatic rings. The lowest BCUT2D eigenvalue weighted by molar-refractivity contribution is 0.242.